The Kier molecular flexibility index (Phi) is 5.49. The lowest BCUT2D eigenvalue weighted by Gasteiger charge is -2.03. The zero-order chi connectivity index (χ0) is 17.6. The summed E-state index contributed by atoms with van der Waals surface area (Å²) in [5.41, 5.74) is 0.519. The molecule has 130 valence electrons. The van der Waals surface area contributed by atoms with Gasteiger partial charge >= 0.3 is 0 Å². The predicted molar refractivity (Wildman–Crippen MR) is 97.8 cm³/mol. The quantitative estimate of drug-likeness (QED) is 0.677. The average molecular weight is 357 g/mol. The SMILES string of the molecule is CCCc1nnc(NC(=O)CCCc2nc3ccccc3c(=O)[nH]2)s1. The number of rotatable bonds is 7. The molecule has 0 bridgehead atoms. The summed E-state index contributed by atoms with van der Waals surface area (Å²) in [6.07, 6.45) is 3.33. The Hall–Kier alpha value is -2.61. The highest BCUT2D eigenvalue weighted by atomic mass is 32.1. The standard InChI is InChI=1S/C17H19N5O2S/c1-2-6-15-21-22-17(25-15)20-14(23)10-5-9-13-18-12-8-4-3-7-11(12)16(24)19-13/h3-4,7-8H,2,5-6,9-10H2,1H3,(H,18,19,24)(H,20,22,23). The van der Waals surface area contributed by atoms with Crippen molar-refractivity contribution < 1.29 is 4.79 Å². The molecule has 2 heterocycles. The Labute approximate surface area is 148 Å². The van der Waals surface area contributed by atoms with E-state index in [0.29, 0.717) is 41.1 Å². The zero-order valence-corrected chi connectivity index (χ0v) is 14.7. The number of H-pyrrole nitrogens is 1. The summed E-state index contributed by atoms with van der Waals surface area (Å²) in [4.78, 5) is 31.2. The molecule has 7 nitrogen and oxygen atoms in total. The van der Waals surface area contributed by atoms with Gasteiger partial charge in [-0.2, -0.15) is 0 Å². The molecule has 3 rings (SSSR count). The number of aryl methyl sites for hydroxylation is 2. The molecular formula is C17H19N5O2S. The minimum atomic E-state index is -0.151. The number of fused-ring (bicyclic) bond motifs is 1. The fourth-order valence-corrected chi connectivity index (χ4v) is 3.33. The van der Waals surface area contributed by atoms with Crippen molar-refractivity contribution in [2.75, 3.05) is 5.32 Å². The van der Waals surface area contributed by atoms with Gasteiger partial charge in [-0.15, -0.1) is 10.2 Å². The molecule has 0 spiro atoms. The lowest BCUT2D eigenvalue weighted by molar-refractivity contribution is -0.116. The number of hydrogen-bond donors (Lipinski definition) is 2. The Morgan fingerprint density at radius 1 is 1.24 bits per heavy atom. The minimum Gasteiger partial charge on any atom is -0.310 e. The van der Waals surface area contributed by atoms with Gasteiger partial charge in [0.25, 0.3) is 5.56 Å². The maximum Gasteiger partial charge on any atom is 0.258 e. The Balaban J connectivity index is 1.53. The van der Waals surface area contributed by atoms with Crippen LogP contribution in [0, 0.1) is 0 Å². The van der Waals surface area contributed by atoms with E-state index >= 15 is 0 Å². The van der Waals surface area contributed by atoms with E-state index < -0.39 is 0 Å². The maximum absolute atomic E-state index is 12.0. The van der Waals surface area contributed by atoms with Crippen LogP contribution in [0.15, 0.2) is 29.1 Å². The second-order valence-electron chi connectivity index (χ2n) is 5.68. The third-order valence-corrected chi connectivity index (χ3v) is 4.55. The van der Waals surface area contributed by atoms with E-state index in [-0.39, 0.29) is 11.5 Å². The Morgan fingerprint density at radius 2 is 2.08 bits per heavy atom. The molecule has 0 saturated heterocycles. The highest BCUT2D eigenvalue weighted by Gasteiger charge is 2.09. The first-order valence-electron chi connectivity index (χ1n) is 8.26. The largest absolute Gasteiger partial charge is 0.310 e. The van der Waals surface area contributed by atoms with E-state index in [1.165, 1.54) is 11.3 Å². The lowest BCUT2D eigenvalue weighted by Crippen LogP contribution is -2.14. The van der Waals surface area contributed by atoms with E-state index in [9.17, 15) is 9.59 Å². The van der Waals surface area contributed by atoms with Gasteiger partial charge in [0.05, 0.1) is 10.9 Å². The van der Waals surface area contributed by atoms with Crippen LogP contribution in [-0.4, -0.2) is 26.1 Å². The number of aromatic nitrogens is 4. The van der Waals surface area contributed by atoms with Crippen LogP contribution in [0.4, 0.5) is 5.13 Å². The van der Waals surface area contributed by atoms with Crippen LogP contribution in [0.5, 0.6) is 0 Å². The summed E-state index contributed by atoms with van der Waals surface area (Å²) in [7, 11) is 0. The highest BCUT2D eigenvalue weighted by Crippen LogP contribution is 2.17. The number of nitrogens with zero attached hydrogens (tertiary/aromatic N) is 3. The molecule has 0 fully saturated rings. The number of nitrogens with one attached hydrogen (secondary N) is 2. The normalized spacial score (nSPS) is 10.9. The van der Waals surface area contributed by atoms with Gasteiger partial charge in [-0.1, -0.05) is 30.4 Å². The van der Waals surface area contributed by atoms with Gasteiger partial charge in [-0.25, -0.2) is 4.98 Å². The van der Waals surface area contributed by atoms with Gasteiger partial charge in [-0.05, 0) is 25.0 Å². The highest BCUT2D eigenvalue weighted by molar-refractivity contribution is 7.15. The minimum absolute atomic E-state index is 0.109. The number of benzene rings is 1. The van der Waals surface area contributed by atoms with Gasteiger partial charge in [-0.3, -0.25) is 9.59 Å². The predicted octanol–water partition coefficient (Wildman–Crippen LogP) is 2.69. The molecule has 3 aromatic rings. The molecule has 0 aliphatic heterocycles. The Morgan fingerprint density at radius 3 is 2.92 bits per heavy atom. The maximum atomic E-state index is 12.0. The van der Waals surface area contributed by atoms with Gasteiger partial charge < -0.3 is 10.3 Å². The van der Waals surface area contributed by atoms with Crippen LogP contribution in [0.1, 0.15) is 37.0 Å². The van der Waals surface area contributed by atoms with Crippen molar-refractivity contribution in [3.8, 4) is 0 Å². The van der Waals surface area contributed by atoms with Crippen LogP contribution in [0.3, 0.4) is 0 Å². The number of carbonyl (C=O) groups excluding carboxylic acids is 1. The van der Waals surface area contributed by atoms with Crippen LogP contribution in [0.25, 0.3) is 10.9 Å². The van der Waals surface area contributed by atoms with Crippen LogP contribution in [0.2, 0.25) is 0 Å². The lowest BCUT2D eigenvalue weighted by atomic mass is 10.2. The second kappa shape index (κ2) is 7.98. The molecule has 1 amide bonds. The summed E-state index contributed by atoms with van der Waals surface area (Å²) >= 11 is 1.40. The molecule has 0 saturated carbocycles. The van der Waals surface area contributed by atoms with Crippen molar-refractivity contribution in [1.29, 1.82) is 0 Å². The number of aromatic amines is 1. The van der Waals surface area contributed by atoms with Gasteiger partial charge in [0.2, 0.25) is 11.0 Å². The van der Waals surface area contributed by atoms with Crippen molar-refractivity contribution in [2.24, 2.45) is 0 Å². The van der Waals surface area contributed by atoms with Crippen LogP contribution >= 0.6 is 11.3 Å². The third kappa shape index (κ3) is 4.48. The molecule has 8 heteroatoms. The van der Waals surface area contributed by atoms with Crippen molar-refractivity contribution in [3.05, 3.63) is 45.5 Å². The number of para-hydroxylation sites is 1. The molecule has 2 N–H and O–H groups in total. The fourth-order valence-electron chi connectivity index (χ4n) is 2.47. The topological polar surface area (TPSA) is 101 Å². The van der Waals surface area contributed by atoms with Gasteiger partial charge in [0.1, 0.15) is 10.8 Å². The summed E-state index contributed by atoms with van der Waals surface area (Å²) in [6, 6.07) is 7.21. The van der Waals surface area contributed by atoms with Gasteiger partial charge in [0, 0.05) is 19.3 Å². The van der Waals surface area contributed by atoms with Crippen LogP contribution in [-0.2, 0) is 17.6 Å². The van der Waals surface area contributed by atoms with E-state index in [1.54, 1.807) is 6.07 Å². The van der Waals surface area contributed by atoms with Crippen molar-refractivity contribution in [2.45, 2.75) is 39.0 Å². The summed E-state index contributed by atoms with van der Waals surface area (Å²) < 4.78 is 0. The summed E-state index contributed by atoms with van der Waals surface area (Å²) in [5.74, 6) is 0.486. The summed E-state index contributed by atoms with van der Waals surface area (Å²) in [5, 5.41) is 12.8. The molecule has 0 radical (unpaired) electrons. The average Bonchev–Trinajstić information content (AvgIpc) is 3.02. The zero-order valence-electron chi connectivity index (χ0n) is 13.9. The fraction of sp³-hybridized carbons (Fsp3) is 0.353. The number of amides is 1. The number of hydrogen-bond acceptors (Lipinski definition) is 6. The van der Waals surface area contributed by atoms with Crippen molar-refractivity contribution in [1.82, 2.24) is 20.2 Å². The van der Waals surface area contributed by atoms with E-state index in [4.69, 9.17) is 0 Å². The molecule has 25 heavy (non-hydrogen) atoms. The van der Waals surface area contributed by atoms with E-state index in [0.717, 1.165) is 17.8 Å². The molecule has 0 aliphatic rings. The first-order valence-corrected chi connectivity index (χ1v) is 9.07. The first kappa shape index (κ1) is 17.2. The monoisotopic (exact) mass is 357 g/mol. The molecule has 2 aromatic heterocycles. The van der Waals surface area contributed by atoms with Gasteiger partial charge in [0.15, 0.2) is 0 Å². The Bertz CT molecular complexity index is 934. The molecule has 0 unspecified atom stereocenters. The molecule has 1 aromatic carbocycles. The van der Waals surface area contributed by atoms with Crippen molar-refractivity contribution in [3.63, 3.8) is 0 Å². The number of anilines is 1. The van der Waals surface area contributed by atoms with Crippen molar-refractivity contribution >= 4 is 33.3 Å². The number of carbonyl (C=O) groups is 1. The smallest absolute Gasteiger partial charge is 0.258 e. The van der Waals surface area contributed by atoms with Crippen LogP contribution < -0.4 is 10.9 Å². The molecular weight excluding hydrogens is 338 g/mol. The van der Waals surface area contributed by atoms with E-state index in [1.807, 2.05) is 18.2 Å². The summed E-state index contributed by atoms with van der Waals surface area (Å²) in [6.45, 7) is 2.07. The molecule has 0 atom stereocenters. The molecule has 0 aliphatic carbocycles. The first-order chi connectivity index (χ1) is 12.2. The second-order valence-corrected chi connectivity index (χ2v) is 6.74. The third-order valence-electron chi connectivity index (χ3n) is 3.66. The van der Waals surface area contributed by atoms with E-state index in [2.05, 4.69) is 32.4 Å².